The average Bonchev–Trinajstić information content (AvgIpc) is 2.56. The summed E-state index contributed by atoms with van der Waals surface area (Å²) in [6, 6.07) is 4.83. The molecule has 0 saturated heterocycles. The number of nitrogens with zero attached hydrogens (tertiary/aromatic N) is 1. The van der Waals surface area contributed by atoms with Gasteiger partial charge in [0.25, 0.3) is 10.0 Å². The molecule has 152 valence electrons. The Labute approximate surface area is 161 Å². The number of hydrogen-bond donors (Lipinski definition) is 5. The largest absolute Gasteiger partial charge is 0.524 e. The second kappa shape index (κ2) is 8.57. The number of sulfonamides is 1. The van der Waals surface area contributed by atoms with E-state index in [9.17, 15) is 17.8 Å². The van der Waals surface area contributed by atoms with Crippen LogP contribution in [0.25, 0.3) is 0 Å². The van der Waals surface area contributed by atoms with Crippen LogP contribution in [-0.2, 0) is 14.6 Å². The molecule has 0 spiro atoms. The van der Waals surface area contributed by atoms with Crippen molar-refractivity contribution in [2.75, 3.05) is 11.9 Å². The van der Waals surface area contributed by atoms with Crippen molar-refractivity contribution in [1.29, 1.82) is 0 Å². The molecule has 1 aromatic heterocycles. The summed E-state index contributed by atoms with van der Waals surface area (Å²) in [5.74, 6) is -0.0145. The van der Waals surface area contributed by atoms with Crippen LogP contribution in [0, 0.1) is 6.92 Å². The summed E-state index contributed by atoms with van der Waals surface area (Å²) < 4.78 is 42.3. The van der Waals surface area contributed by atoms with Crippen LogP contribution in [0.5, 0.6) is 5.75 Å². The zero-order valence-electron chi connectivity index (χ0n) is 14.9. The molecule has 0 aliphatic rings. The Morgan fingerprint density at radius 2 is 2.00 bits per heavy atom. The number of rotatable bonds is 7. The van der Waals surface area contributed by atoms with Gasteiger partial charge in [-0.25, -0.2) is 22.5 Å². The van der Waals surface area contributed by atoms with Crippen molar-refractivity contribution < 1.29 is 32.1 Å². The van der Waals surface area contributed by atoms with Gasteiger partial charge in [-0.3, -0.25) is 14.8 Å². The summed E-state index contributed by atoms with van der Waals surface area (Å²) in [6.07, 6.45) is 2.45. The number of hydrogen-bond acceptors (Lipinski definition) is 7. The quantitative estimate of drug-likeness (QED) is 0.410. The van der Waals surface area contributed by atoms with Gasteiger partial charge in [0.2, 0.25) is 0 Å². The lowest BCUT2D eigenvalue weighted by molar-refractivity contribution is 0.246. The van der Waals surface area contributed by atoms with Crippen molar-refractivity contribution in [3.63, 3.8) is 0 Å². The Bertz CT molecular complexity index is 1020. The Balaban J connectivity index is 2.30. The van der Waals surface area contributed by atoms with Crippen molar-refractivity contribution in [1.82, 2.24) is 15.0 Å². The third kappa shape index (κ3) is 5.92. The molecule has 0 bridgehead atoms. The standard InChI is InChI=1S/C15H19N4O7PS/c1-3-17-15(20)19-28(24,25)14-9-16-7-6-12(14)18-11-4-5-13(10(2)8-11)26-27(21,22)23/h4-9H,3H2,1-2H3,(H,16,18)(H2,17,19,20)(H2,21,22,23). The monoisotopic (exact) mass is 430 g/mol. The number of benzene rings is 1. The van der Waals surface area contributed by atoms with Gasteiger partial charge in [-0.05, 0) is 43.7 Å². The first kappa shape index (κ1) is 21.6. The van der Waals surface area contributed by atoms with Crippen LogP contribution in [0.1, 0.15) is 12.5 Å². The van der Waals surface area contributed by atoms with Crippen molar-refractivity contribution in [3.05, 3.63) is 42.2 Å². The maximum atomic E-state index is 12.4. The fourth-order valence-corrected chi connectivity index (χ4v) is 3.68. The minimum Gasteiger partial charge on any atom is -0.404 e. The number of anilines is 2. The van der Waals surface area contributed by atoms with Crippen LogP contribution in [0.15, 0.2) is 41.6 Å². The lowest BCUT2D eigenvalue weighted by atomic mass is 10.2. The first-order chi connectivity index (χ1) is 13.0. The van der Waals surface area contributed by atoms with Crippen LogP contribution >= 0.6 is 7.82 Å². The predicted molar refractivity (Wildman–Crippen MR) is 101 cm³/mol. The highest BCUT2D eigenvalue weighted by Crippen LogP contribution is 2.39. The first-order valence-electron chi connectivity index (χ1n) is 7.89. The maximum absolute atomic E-state index is 12.4. The fourth-order valence-electron chi connectivity index (χ4n) is 2.18. The van der Waals surface area contributed by atoms with Crippen LogP contribution in [0.4, 0.5) is 16.2 Å². The summed E-state index contributed by atoms with van der Waals surface area (Å²) >= 11 is 0. The van der Waals surface area contributed by atoms with E-state index in [0.717, 1.165) is 6.20 Å². The van der Waals surface area contributed by atoms with Crippen LogP contribution in [0.3, 0.4) is 0 Å². The second-order valence-corrected chi connectivity index (χ2v) is 8.34. The van der Waals surface area contributed by atoms with E-state index in [4.69, 9.17) is 9.79 Å². The predicted octanol–water partition coefficient (Wildman–Crippen LogP) is 1.61. The smallest absolute Gasteiger partial charge is 0.404 e. The van der Waals surface area contributed by atoms with Gasteiger partial charge in [-0.15, -0.1) is 0 Å². The van der Waals surface area contributed by atoms with Crippen LogP contribution in [0.2, 0.25) is 0 Å². The van der Waals surface area contributed by atoms with Crippen molar-refractivity contribution in [3.8, 4) is 5.75 Å². The molecule has 1 heterocycles. The minimum atomic E-state index is -4.70. The highest BCUT2D eigenvalue weighted by Gasteiger charge is 2.22. The van der Waals surface area contributed by atoms with Gasteiger partial charge in [0.1, 0.15) is 10.6 Å². The summed E-state index contributed by atoms with van der Waals surface area (Å²) in [5.41, 5.74) is 0.985. The second-order valence-electron chi connectivity index (χ2n) is 5.52. The molecule has 0 saturated carbocycles. The molecule has 28 heavy (non-hydrogen) atoms. The minimum absolute atomic E-state index is 0.0145. The van der Waals surface area contributed by atoms with Gasteiger partial charge in [0.15, 0.2) is 0 Å². The van der Waals surface area contributed by atoms with E-state index in [-0.39, 0.29) is 22.9 Å². The number of carbonyl (C=O) groups excluding carboxylic acids is 1. The van der Waals surface area contributed by atoms with E-state index in [2.05, 4.69) is 20.1 Å². The average molecular weight is 430 g/mol. The zero-order chi connectivity index (χ0) is 20.9. The van der Waals surface area contributed by atoms with Crippen molar-refractivity contribution in [2.24, 2.45) is 0 Å². The Kier molecular flexibility index (Phi) is 6.62. The normalized spacial score (nSPS) is 11.6. The molecule has 11 nitrogen and oxygen atoms in total. The molecule has 2 aromatic rings. The fraction of sp³-hybridized carbons (Fsp3) is 0.200. The number of nitrogens with one attached hydrogen (secondary N) is 3. The molecule has 0 aliphatic heterocycles. The molecular weight excluding hydrogens is 411 g/mol. The van der Waals surface area contributed by atoms with E-state index in [0.29, 0.717) is 11.3 Å². The SMILES string of the molecule is CCNC(=O)NS(=O)(=O)c1cnccc1Nc1ccc(OP(=O)(O)O)c(C)c1. The Morgan fingerprint density at radius 1 is 1.29 bits per heavy atom. The number of carbonyl (C=O) groups is 1. The van der Waals surface area contributed by atoms with Gasteiger partial charge in [0.05, 0.1) is 5.69 Å². The summed E-state index contributed by atoms with van der Waals surface area (Å²) in [6.45, 7) is 3.46. The molecule has 5 N–H and O–H groups in total. The molecule has 0 aliphatic carbocycles. The third-order valence-electron chi connectivity index (χ3n) is 3.31. The van der Waals surface area contributed by atoms with Gasteiger partial charge in [-0.1, -0.05) is 0 Å². The third-order valence-corrected chi connectivity index (χ3v) is 5.10. The van der Waals surface area contributed by atoms with E-state index >= 15 is 0 Å². The van der Waals surface area contributed by atoms with E-state index < -0.39 is 23.9 Å². The van der Waals surface area contributed by atoms with Crippen molar-refractivity contribution in [2.45, 2.75) is 18.7 Å². The molecule has 0 radical (unpaired) electrons. The molecule has 13 heteroatoms. The molecular formula is C15H19N4O7PS. The zero-order valence-corrected chi connectivity index (χ0v) is 16.6. The lowest BCUT2D eigenvalue weighted by Crippen LogP contribution is -2.39. The number of phosphoric ester groups is 1. The number of aryl methyl sites for hydroxylation is 1. The Morgan fingerprint density at radius 3 is 2.61 bits per heavy atom. The van der Waals surface area contributed by atoms with Gasteiger partial charge >= 0.3 is 13.9 Å². The van der Waals surface area contributed by atoms with Crippen LogP contribution < -0.4 is 19.9 Å². The highest BCUT2D eigenvalue weighted by atomic mass is 32.2. The summed E-state index contributed by atoms with van der Waals surface area (Å²) in [4.78, 5) is 32.9. The molecule has 2 amide bonds. The van der Waals surface area contributed by atoms with Gasteiger partial charge in [-0.2, -0.15) is 0 Å². The lowest BCUT2D eigenvalue weighted by Gasteiger charge is -2.15. The number of aromatic nitrogens is 1. The molecule has 2 rings (SSSR count). The Hall–Kier alpha value is -2.66. The maximum Gasteiger partial charge on any atom is 0.524 e. The van der Waals surface area contributed by atoms with E-state index in [1.165, 1.54) is 30.5 Å². The van der Waals surface area contributed by atoms with Crippen molar-refractivity contribution >= 4 is 35.3 Å². The molecule has 0 fully saturated rings. The highest BCUT2D eigenvalue weighted by molar-refractivity contribution is 7.90. The molecule has 0 atom stereocenters. The van der Waals surface area contributed by atoms with Gasteiger partial charge in [0, 0.05) is 24.6 Å². The van der Waals surface area contributed by atoms with E-state index in [1.807, 2.05) is 4.72 Å². The summed E-state index contributed by atoms with van der Waals surface area (Å²) in [5, 5.41) is 5.20. The van der Waals surface area contributed by atoms with Gasteiger partial charge < -0.3 is 15.2 Å². The number of amides is 2. The summed E-state index contributed by atoms with van der Waals surface area (Å²) in [7, 11) is -8.89. The van der Waals surface area contributed by atoms with Crippen LogP contribution in [-0.4, -0.2) is 35.8 Å². The first-order valence-corrected chi connectivity index (χ1v) is 10.9. The number of urea groups is 1. The number of pyridine rings is 1. The molecule has 1 aromatic carbocycles. The van der Waals surface area contributed by atoms with E-state index in [1.54, 1.807) is 13.8 Å². The number of phosphoric acid groups is 1. The molecule has 0 unspecified atom stereocenters. The topological polar surface area (TPSA) is 167 Å².